The lowest BCUT2D eigenvalue weighted by atomic mass is 9.99. The van der Waals surface area contributed by atoms with Crippen LogP contribution in [-0.2, 0) is 11.3 Å². The zero-order chi connectivity index (χ0) is 16.5. The molecule has 2 N–H and O–H groups in total. The minimum absolute atomic E-state index is 0.213. The van der Waals surface area contributed by atoms with Gasteiger partial charge in [-0.2, -0.15) is 11.8 Å². The molecule has 6 heteroatoms. The quantitative estimate of drug-likeness (QED) is 0.618. The number of nitrogens with zero attached hydrogens (tertiary/aromatic N) is 1. The van der Waals surface area contributed by atoms with E-state index in [0.717, 1.165) is 50.7 Å². The smallest absolute Gasteiger partial charge is 0.191 e. The number of hydrogen-bond donors (Lipinski definition) is 2. The number of benzene rings is 1. The molecule has 1 saturated heterocycles. The molecule has 2 rings (SSSR count). The molecule has 1 aromatic carbocycles. The van der Waals surface area contributed by atoms with Crippen molar-refractivity contribution in [1.29, 1.82) is 0 Å². The molecule has 128 valence electrons. The lowest BCUT2D eigenvalue weighted by molar-refractivity contribution is 0.0783. The van der Waals surface area contributed by atoms with Gasteiger partial charge in [0.1, 0.15) is 5.82 Å². The Balaban J connectivity index is 1.94. The van der Waals surface area contributed by atoms with Gasteiger partial charge in [0.2, 0.25) is 0 Å². The Bertz CT molecular complexity index is 501. The molecule has 0 bridgehead atoms. The Hall–Kier alpha value is -1.27. The molecule has 0 saturated carbocycles. The molecule has 1 heterocycles. The standard InChI is InChI=1S/C17H26FN3OS/c1-3-19-16(20-12-14-4-6-15(18)7-5-14)21-13-17(23-2)8-10-22-11-9-17/h4-7H,3,8-13H2,1-2H3,(H2,19,20,21). The Morgan fingerprint density at radius 3 is 2.57 bits per heavy atom. The van der Waals surface area contributed by atoms with E-state index >= 15 is 0 Å². The Morgan fingerprint density at radius 2 is 1.96 bits per heavy atom. The van der Waals surface area contributed by atoms with Gasteiger partial charge in [0, 0.05) is 31.1 Å². The van der Waals surface area contributed by atoms with Crippen LogP contribution in [0.25, 0.3) is 0 Å². The average molecular weight is 339 g/mol. The van der Waals surface area contributed by atoms with Gasteiger partial charge in [-0.1, -0.05) is 12.1 Å². The second-order valence-corrected chi connectivity index (χ2v) is 6.95. The van der Waals surface area contributed by atoms with E-state index < -0.39 is 0 Å². The summed E-state index contributed by atoms with van der Waals surface area (Å²) in [5.41, 5.74) is 0.995. The monoisotopic (exact) mass is 339 g/mol. The molecule has 0 atom stereocenters. The number of halogens is 1. The summed E-state index contributed by atoms with van der Waals surface area (Å²) >= 11 is 1.90. The molecule has 1 aliphatic rings. The van der Waals surface area contributed by atoms with E-state index in [1.54, 1.807) is 12.1 Å². The van der Waals surface area contributed by atoms with Crippen molar-refractivity contribution in [1.82, 2.24) is 10.6 Å². The van der Waals surface area contributed by atoms with E-state index in [4.69, 9.17) is 4.74 Å². The molecule has 0 radical (unpaired) electrons. The van der Waals surface area contributed by atoms with Gasteiger partial charge in [0.25, 0.3) is 0 Å². The van der Waals surface area contributed by atoms with Crippen molar-refractivity contribution >= 4 is 17.7 Å². The van der Waals surface area contributed by atoms with E-state index in [2.05, 4.69) is 21.9 Å². The Kier molecular flexibility index (Phi) is 7.17. The van der Waals surface area contributed by atoms with Crippen LogP contribution in [-0.4, -0.2) is 43.3 Å². The summed E-state index contributed by atoms with van der Waals surface area (Å²) in [6.45, 7) is 5.91. The first-order valence-electron chi connectivity index (χ1n) is 8.07. The first-order chi connectivity index (χ1) is 11.2. The third-order valence-electron chi connectivity index (χ3n) is 4.09. The van der Waals surface area contributed by atoms with Gasteiger partial charge in [-0.05, 0) is 43.7 Å². The molecule has 1 aromatic rings. The number of ether oxygens (including phenoxy) is 1. The lowest BCUT2D eigenvalue weighted by Gasteiger charge is -2.36. The fourth-order valence-electron chi connectivity index (χ4n) is 2.54. The minimum Gasteiger partial charge on any atom is -0.381 e. The lowest BCUT2D eigenvalue weighted by Crippen LogP contribution is -2.47. The van der Waals surface area contributed by atoms with Crippen molar-refractivity contribution in [2.45, 2.75) is 31.1 Å². The van der Waals surface area contributed by atoms with Crippen LogP contribution in [0.4, 0.5) is 4.39 Å². The van der Waals surface area contributed by atoms with Crippen LogP contribution in [0.3, 0.4) is 0 Å². The number of guanidine groups is 1. The minimum atomic E-state index is -0.218. The van der Waals surface area contributed by atoms with Gasteiger partial charge in [-0.25, -0.2) is 9.38 Å². The molecule has 0 aromatic heterocycles. The van der Waals surface area contributed by atoms with Crippen LogP contribution in [0.5, 0.6) is 0 Å². The summed E-state index contributed by atoms with van der Waals surface area (Å²) < 4.78 is 18.6. The first kappa shape index (κ1) is 18.1. The molecular formula is C17H26FN3OS. The zero-order valence-electron chi connectivity index (χ0n) is 13.9. The highest BCUT2D eigenvalue weighted by molar-refractivity contribution is 8.00. The van der Waals surface area contributed by atoms with Gasteiger partial charge in [-0.15, -0.1) is 0 Å². The fraction of sp³-hybridized carbons (Fsp3) is 0.588. The number of thioether (sulfide) groups is 1. The maximum absolute atomic E-state index is 12.9. The largest absolute Gasteiger partial charge is 0.381 e. The summed E-state index contributed by atoms with van der Waals surface area (Å²) in [6, 6.07) is 6.47. The molecule has 1 aliphatic heterocycles. The summed E-state index contributed by atoms with van der Waals surface area (Å²) in [4.78, 5) is 4.59. The number of rotatable bonds is 6. The molecule has 0 amide bonds. The van der Waals surface area contributed by atoms with Gasteiger partial charge in [-0.3, -0.25) is 0 Å². The van der Waals surface area contributed by atoms with Crippen molar-refractivity contribution in [3.05, 3.63) is 35.6 Å². The van der Waals surface area contributed by atoms with E-state index in [1.807, 2.05) is 18.7 Å². The van der Waals surface area contributed by atoms with Crippen LogP contribution in [0.15, 0.2) is 29.3 Å². The van der Waals surface area contributed by atoms with Crippen LogP contribution in [0, 0.1) is 5.82 Å². The Labute approximate surface area is 142 Å². The maximum Gasteiger partial charge on any atom is 0.191 e. The highest BCUT2D eigenvalue weighted by atomic mass is 32.2. The predicted molar refractivity (Wildman–Crippen MR) is 95.5 cm³/mol. The SMILES string of the molecule is CCNC(=NCc1ccc(F)cc1)NCC1(SC)CCOCC1. The van der Waals surface area contributed by atoms with E-state index in [1.165, 1.54) is 12.1 Å². The highest BCUT2D eigenvalue weighted by Crippen LogP contribution is 2.32. The molecule has 23 heavy (non-hydrogen) atoms. The van der Waals surface area contributed by atoms with Crippen molar-refractivity contribution in [2.24, 2.45) is 4.99 Å². The molecule has 4 nitrogen and oxygen atoms in total. The van der Waals surface area contributed by atoms with Crippen molar-refractivity contribution in [3.63, 3.8) is 0 Å². The fourth-order valence-corrected chi connectivity index (χ4v) is 3.33. The van der Waals surface area contributed by atoms with Crippen LogP contribution in [0.2, 0.25) is 0 Å². The maximum atomic E-state index is 12.9. The van der Waals surface area contributed by atoms with Crippen LogP contribution < -0.4 is 10.6 Å². The zero-order valence-corrected chi connectivity index (χ0v) is 14.7. The van der Waals surface area contributed by atoms with Gasteiger partial charge in [0.15, 0.2) is 5.96 Å². The summed E-state index contributed by atoms with van der Waals surface area (Å²) in [6.07, 6.45) is 4.27. The molecule has 0 spiro atoms. The number of nitrogens with one attached hydrogen (secondary N) is 2. The van der Waals surface area contributed by atoms with Crippen LogP contribution in [0.1, 0.15) is 25.3 Å². The summed E-state index contributed by atoms with van der Waals surface area (Å²) in [5.74, 6) is 0.584. The topological polar surface area (TPSA) is 45.7 Å². The third-order valence-corrected chi connectivity index (χ3v) is 5.51. The predicted octanol–water partition coefficient (Wildman–Crippen LogP) is 2.79. The van der Waals surface area contributed by atoms with Crippen molar-refractivity contribution < 1.29 is 9.13 Å². The molecular weight excluding hydrogens is 313 g/mol. The second kappa shape index (κ2) is 9.13. The number of aliphatic imine (C=N–C) groups is 1. The Morgan fingerprint density at radius 1 is 1.26 bits per heavy atom. The van der Waals surface area contributed by atoms with E-state index in [9.17, 15) is 4.39 Å². The first-order valence-corrected chi connectivity index (χ1v) is 9.29. The van der Waals surface area contributed by atoms with Crippen molar-refractivity contribution in [3.8, 4) is 0 Å². The summed E-state index contributed by atoms with van der Waals surface area (Å²) in [5, 5.41) is 6.72. The van der Waals surface area contributed by atoms with Gasteiger partial charge >= 0.3 is 0 Å². The summed E-state index contributed by atoms with van der Waals surface area (Å²) in [7, 11) is 0. The van der Waals surface area contributed by atoms with Crippen LogP contribution >= 0.6 is 11.8 Å². The van der Waals surface area contributed by atoms with E-state index in [-0.39, 0.29) is 10.6 Å². The van der Waals surface area contributed by atoms with Crippen molar-refractivity contribution in [2.75, 3.05) is 32.6 Å². The molecule has 0 unspecified atom stereocenters. The molecule has 1 fully saturated rings. The third kappa shape index (κ3) is 5.70. The van der Waals surface area contributed by atoms with E-state index in [0.29, 0.717) is 6.54 Å². The second-order valence-electron chi connectivity index (χ2n) is 5.67. The number of hydrogen-bond acceptors (Lipinski definition) is 3. The normalized spacial score (nSPS) is 17.8. The van der Waals surface area contributed by atoms with Gasteiger partial charge < -0.3 is 15.4 Å². The molecule has 0 aliphatic carbocycles. The average Bonchev–Trinajstić information content (AvgIpc) is 2.59. The highest BCUT2D eigenvalue weighted by Gasteiger charge is 2.31. The van der Waals surface area contributed by atoms with Gasteiger partial charge in [0.05, 0.1) is 6.54 Å².